The van der Waals surface area contributed by atoms with Gasteiger partial charge in [-0.05, 0) is 49.7 Å². The highest BCUT2D eigenvalue weighted by molar-refractivity contribution is 7.16. The topological polar surface area (TPSA) is 38.1 Å². The molecule has 2 heterocycles. The lowest BCUT2D eigenvalue weighted by Crippen LogP contribution is -2.25. The Morgan fingerprint density at radius 3 is 2.48 bits per heavy atom. The number of aromatic nitrogens is 2. The highest BCUT2D eigenvalue weighted by atomic mass is 35.5. The Hall–Kier alpha value is -2.11. The molecule has 0 saturated carbocycles. The Balaban J connectivity index is 1.66. The minimum absolute atomic E-state index is 0.00202. The summed E-state index contributed by atoms with van der Waals surface area (Å²) in [4.78, 5) is 15.3. The molecule has 0 aliphatic rings. The lowest BCUT2D eigenvalue weighted by molar-refractivity contribution is 0.0786. The van der Waals surface area contributed by atoms with Crippen LogP contribution >= 0.6 is 22.9 Å². The predicted molar refractivity (Wildman–Crippen MR) is 102 cm³/mol. The van der Waals surface area contributed by atoms with E-state index in [1.165, 1.54) is 11.3 Å². The van der Waals surface area contributed by atoms with Crippen molar-refractivity contribution in [3.63, 3.8) is 0 Å². The zero-order valence-electron chi connectivity index (χ0n) is 14.5. The Labute approximate surface area is 156 Å². The zero-order valence-corrected chi connectivity index (χ0v) is 16.1. The van der Waals surface area contributed by atoms with Gasteiger partial charge in [0.25, 0.3) is 5.91 Å². The minimum Gasteiger partial charge on any atom is -0.337 e. The van der Waals surface area contributed by atoms with E-state index in [9.17, 15) is 4.79 Å². The molecule has 1 aromatic carbocycles. The number of halogens is 1. The summed E-state index contributed by atoms with van der Waals surface area (Å²) in [5, 5.41) is 4.47. The Morgan fingerprint density at radius 1 is 1.20 bits per heavy atom. The van der Waals surface area contributed by atoms with E-state index >= 15 is 0 Å². The van der Waals surface area contributed by atoms with E-state index in [0.717, 1.165) is 26.2 Å². The summed E-state index contributed by atoms with van der Waals surface area (Å²) in [7, 11) is 1.81. The van der Waals surface area contributed by atoms with Crippen LogP contribution < -0.4 is 0 Å². The van der Waals surface area contributed by atoms with Crippen molar-refractivity contribution in [3.8, 4) is 0 Å². The van der Waals surface area contributed by atoms with Crippen LogP contribution in [0.4, 0.5) is 0 Å². The van der Waals surface area contributed by atoms with Crippen molar-refractivity contribution in [2.24, 2.45) is 0 Å². The van der Waals surface area contributed by atoms with Gasteiger partial charge in [0.15, 0.2) is 0 Å². The first kappa shape index (κ1) is 17.7. The quantitative estimate of drug-likeness (QED) is 0.658. The molecular weight excluding hydrogens is 354 g/mol. The molecule has 6 heteroatoms. The van der Waals surface area contributed by atoms with Crippen LogP contribution in [0, 0.1) is 13.8 Å². The lowest BCUT2D eigenvalue weighted by Gasteiger charge is -2.16. The summed E-state index contributed by atoms with van der Waals surface area (Å²) in [6.07, 6.45) is 0. The van der Waals surface area contributed by atoms with Crippen molar-refractivity contribution in [1.29, 1.82) is 0 Å². The van der Waals surface area contributed by atoms with E-state index in [2.05, 4.69) is 11.2 Å². The van der Waals surface area contributed by atoms with Crippen LogP contribution in [0.15, 0.2) is 42.5 Å². The van der Waals surface area contributed by atoms with Gasteiger partial charge in [0.1, 0.15) is 0 Å². The molecule has 25 heavy (non-hydrogen) atoms. The maximum Gasteiger partial charge on any atom is 0.253 e. The van der Waals surface area contributed by atoms with Crippen molar-refractivity contribution >= 4 is 28.8 Å². The highest BCUT2D eigenvalue weighted by Gasteiger charge is 2.13. The minimum atomic E-state index is 0.00202. The largest absolute Gasteiger partial charge is 0.337 e. The third kappa shape index (κ3) is 4.30. The molecular formula is C19H20ClN3OS. The molecule has 0 N–H and O–H groups in total. The third-order valence-corrected chi connectivity index (χ3v) is 5.22. The van der Waals surface area contributed by atoms with Crippen molar-refractivity contribution in [2.75, 3.05) is 7.05 Å². The molecule has 0 bridgehead atoms. The van der Waals surface area contributed by atoms with Crippen molar-refractivity contribution in [1.82, 2.24) is 14.7 Å². The molecule has 4 nitrogen and oxygen atoms in total. The normalized spacial score (nSPS) is 10.9. The molecule has 2 aromatic heterocycles. The standard InChI is InChI=1S/C19H20ClN3OS/c1-13-10-14(2)23(21-13)11-15-4-6-16(7-5-15)19(24)22(3)12-17-8-9-18(20)25-17/h4-10H,11-12H2,1-3H3. The number of nitrogens with zero attached hydrogens (tertiary/aromatic N) is 3. The number of hydrogen-bond acceptors (Lipinski definition) is 3. The van der Waals surface area contributed by atoms with E-state index in [-0.39, 0.29) is 5.91 Å². The van der Waals surface area contributed by atoms with Crippen molar-refractivity contribution in [2.45, 2.75) is 26.9 Å². The van der Waals surface area contributed by atoms with E-state index in [4.69, 9.17) is 11.6 Å². The van der Waals surface area contributed by atoms with Crippen molar-refractivity contribution in [3.05, 3.63) is 74.2 Å². The van der Waals surface area contributed by atoms with Gasteiger partial charge >= 0.3 is 0 Å². The Morgan fingerprint density at radius 2 is 1.92 bits per heavy atom. The van der Waals surface area contributed by atoms with Crippen LogP contribution in [0.1, 0.15) is 32.2 Å². The molecule has 0 radical (unpaired) electrons. The second-order valence-corrected chi connectivity index (χ2v) is 7.95. The zero-order chi connectivity index (χ0) is 18.0. The average Bonchev–Trinajstić information content (AvgIpc) is 3.12. The van der Waals surface area contributed by atoms with Gasteiger partial charge in [0.2, 0.25) is 0 Å². The van der Waals surface area contributed by atoms with Crippen LogP contribution in [0.5, 0.6) is 0 Å². The monoisotopic (exact) mass is 373 g/mol. The number of hydrogen-bond donors (Lipinski definition) is 0. The maximum atomic E-state index is 12.6. The van der Waals surface area contributed by atoms with Crippen LogP contribution in [0.2, 0.25) is 4.34 Å². The summed E-state index contributed by atoms with van der Waals surface area (Å²) in [6.45, 7) is 5.30. The van der Waals surface area contributed by atoms with Gasteiger partial charge in [-0.1, -0.05) is 23.7 Å². The molecule has 3 rings (SSSR count). The smallest absolute Gasteiger partial charge is 0.253 e. The number of thiophene rings is 1. The summed E-state index contributed by atoms with van der Waals surface area (Å²) in [5.41, 5.74) is 3.95. The Bertz CT molecular complexity index is 882. The van der Waals surface area contributed by atoms with Gasteiger partial charge in [0, 0.05) is 23.2 Å². The number of amides is 1. The number of carbonyl (C=O) groups is 1. The predicted octanol–water partition coefficient (Wildman–Crippen LogP) is 4.54. The molecule has 3 aromatic rings. The molecule has 0 aliphatic carbocycles. The van der Waals surface area contributed by atoms with Crippen LogP contribution in [-0.2, 0) is 13.1 Å². The molecule has 0 atom stereocenters. The van der Waals surface area contributed by atoms with Gasteiger partial charge in [-0.15, -0.1) is 11.3 Å². The number of benzene rings is 1. The molecule has 0 spiro atoms. The fraction of sp³-hybridized carbons (Fsp3) is 0.263. The summed E-state index contributed by atoms with van der Waals surface area (Å²) in [5.74, 6) is 0.00202. The van der Waals surface area contributed by atoms with Crippen molar-refractivity contribution < 1.29 is 4.79 Å². The van der Waals surface area contributed by atoms with E-state index in [0.29, 0.717) is 18.7 Å². The first-order valence-electron chi connectivity index (χ1n) is 8.02. The fourth-order valence-electron chi connectivity index (χ4n) is 2.72. The number of aryl methyl sites for hydroxylation is 2. The van der Waals surface area contributed by atoms with E-state index in [1.54, 1.807) is 11.9 Å². The van der Waals surface area contributed by atoms with Gasteiger partial charge in [-0.2, -0.15) is 5.10 Å². The van der Waals surface area contributed by atoms with Gasteiger partial charge < -0.3 is 4.90 Å². The van der Waals surface area contributed by atoms with Gasteiger partial charge in [0.05, 0.1) is 23.1 Å². The molecule has 1 amide bonds. The average molecular weight is 374 g/mol. The molecule has 130 valence electrons. The van der Waals surface area contributed by atoms with Crippen LogP contribution in [0.3, 0.4) is 0 Å². The Kier molecular flexibility index (Phi) is 5.25. The fourth-order valence-corrected chi connectivity index (χ4v) is 3.86. The number of carbonyl (C=O) groups excluding carboxylic acids is 1. The second-order valence-electron chi connectivity index (χ2n) is 6.15. The van der Waals surface area contributed by atoms with E-state index < -0.39 is 0 Å². The first-order valence-corrected chi connectivity index (χ1v) is 9.21. The lowest BCUT2D eigenvalue weighted by atomic mass is 10.1. The van der Waals surface area contributed by atoms with Gasteiger partial charge in [-0.25, -0.2) is 0 Å². The van der Waals surface area contributed by atoms with Crippen LogP contribution in [0.25, 0.3) is 0 Å². The molecule has 0 fully saturated rings. The summed E-state index contributed by atoms with van der Waals surface area (Å²) < 4.78 is 2.71. The maximum absolute atomic E-state index is 12.6. The third-order valence-electron chi connectivity index (χ3n) is 4.01. The summed E-state index contributed by atoms with van der Waals surface area (Å²) in [6, 6.07) is 13.6. The molecule has 0 aliphatic heterocycles. The van der Waals surface area contributed by atoms with Crippen LogP contribution in [-0.4, -0.2) is 27.6 Å². The van der Waals surface area contributed by atoms with E-state index in [1.807, 2.05) is 54.9 Å². The molecule has 0 saturated heterocycles. The highest BCUT2D eigenvalue weighted by Crippen LogP contribution is 2.23. The first-order chi connectivity index (χ1) is 11.9. The van der Waals surface area contributed by atoms with Gasteiger partial charge in [-0.3, -0.25) is 9.48 Å². The SMILES string of the molecule is Cc1cc(C)n(Cc2ccc(C(=O)N(C)Cc3ccc(Cl)s3)cc2)n1. The number of rotatable bonds is 5. The molecule has 0 unspecified atom stereocenters. The second kappa shape index (κ2) is 7.42. The summed E-state index contributed by atoms with van der Waals surface area (Å²) >= 11 is 7.44.